The van der Waals surface area contributed by atoms with E-state index in [0.29, 0.717) is 12.3 Å². The van der Waals surface area contributed by atoms with Gasteiger partial charge in [-0.05, 0) is 37.6 Å². The Morgan fingerprint density at radius 3 is 2.57 bits per heavy atom. The summed E-state index contributed by atoms with van der Waals surface area (Å²) in [5.74, 6) is 0.811. The Labute approximate surface area is 160 Å². The third-order valence-corrected chi connectivity index (χ3v) is 4.43. The SMILES string of the molecule is C[C@@H](NC(=O)[C@H]1C[C@@H]1COc1ccccc1)c1ccc(OCC(F)(F)F)cn1. The van der Waals surface area contributed by atoms with Gasteiger partial charge < -0.3 is 14.8 Å². The first kappa shape index (κ1) is 20.0. The number of rotatable bonds is 8. The van der Waals surface area contributed by atoms with Crippen LogP contribution in [0.2, 0.25) is 0 Å². The largest absolute Gasteiger partial charge is 0.493 e. The van der Waals surface area contributed by atoms with Crippen LogP contribution in [0.25, 0.3) is 0 Å². The second-order valence-electron chi connectivity index (χ2n) is 6.78. The van der Waals surface area contributed by atoms with E-state index in [1.165, 1.54) is 12.3 Å². The maximum atomic E-state index is 12.3. The fraction of sp³-hybridized carbons (Fsp3) is 0.400. The minimum Gasteiger partial charge on any atom is -0.493 e. The number of aromatic nitrogens is 1. The van der Waals surface area contributed by atoms with Gasteiger partial charge in [0.1, 0.15) is 11.5 Å². The summed E-state index contributed by atoms with van der Waals surface area (Å²) < 4.78 is 46.8. The molecule has 1 fully saturated rings. The van der Waals surface area contributed by atoms with Crippen LogP contribution >= 0.6 is 0 Å². The molecule has 0 radical (unpaired) electrons. The van der Waals surface area contributed by atoms with Gasteiger partial charge in [0.15, 0.2) is 6.61 Å². The molecule has 1 aromatic carbocycles. The van der Waals surface area contributed by atoms with Crippen LogP contribution in [0.4, 0.5) is 13.2 Å². The van der Waals surface area contributed by atoms with Gasteiger partial charge in [-0.15, -0.1) is 0 Å². The number of pyridine rings is 1. The molecule has 5 nitrogen and oxygen atoms in total. The summed E-state index contributed by atoms with van der Waals surface area (Å²) in [5.41, 5.74) is 0.547. The van der Waals surface area contributed by atoms with Crippen molar-refractivity contribution in [2.75, 3.05) is 13.2 Å². The molecule has 1 amide bonds. The summed E-state index contributed by atoms with van der Waals surface area (Å²) in [5, 5.41) is 2.88. The molecule has 0 saturated heterocycles. The molecule has 1 saturated carbocycles. The van der Waals surface area contributed by atoms with Crippen molar-refractivity contribution < 1.29 is 27.4 Å². The lowest BCUT2D eigenvalue weighted by Gasteiger charge is -2.14. The van der Waals surface area contributed by atoms with Gasteiger partial charge in [-0.2, -0.15) is 13.2 Å². The van der Waals surface area contributed by atoms with Gasteiger partial charge in [0.05, 0.1) is 24.5 Å². The third-order valence-electron chi connectivity index (χ3n) is 4.43. The van der Waals surface area contributed by atoms with Crippen molar-refractivity contribution in [2.24, 2.45) is 11.8 Å². The normalized spacial score (nSPS) is 19.6. The van der Waals surface area contributed by atoms with Crippen LogP contribution in [-0.4, -0.2) is 30.3 Å². The number of halogens is 3. The van der Waals surface area contributed by atoms with Crippen LogP contribution < -0.4 is 14.8 Å². The monoisotopic (exact) mass is 394 g/mol. The molecule has 0 aliphatic heterocycles. The number of carbonyl (C=O) groups is 1. The van der Waals surface area contributed by atoms with Crippen LogP contribution in [0.1, 0.15) is 25.1 Å². The van der Waals surface area contributed by atoms with E-state index >= 15 is 0 Å². The molecule has 0 spiro atoms. The second kappa shape index (κ2) is 8.50. The van der Waals surface area contributed by atoms with Gasteiger partial charge in [-0.3, -0.25) is 9.78 Å². The molecule has 1 aliphatic rings. The molecule has 3 atom stereocenters. The van der Waals surface area contributed by atoms with Crippen molar-refractivity contribution in [3.05, 3.63) is 54.4 Å². The van der Waals surface area contributed by atoms with E-state index in [-0.39, 0.29) is 29.5 Å². The molecular weight excluding hydrogens is 373 g/mol. The highest BCUT2D eigenvalue weighted by atomic mass is 19.4. The van der Waals surface area contributed by atoms with E-state index in [1.807, 2.05) is 30.3 Å². The maximum Gasteiger partial charge on any atom is 0.422 e. The molecule has 2 aromatic rings. The fourth-order valence-corrected chi connectivity index (χ4v) is 2.77. The number of ether oxygens (including phenoxy) is 2. The molecule has 0 bridgehead atoms. The maximum absolute atomic E-state index is 12.3. The summed E-state index contributed by atoms with van der Waals surface area (Å²) in [7, 11) is 0. The quantitative estimate of drug-likeness (QED) is 0.737. The topological polar surface area (TPSA) is 60.5 Å². The highest BCUT2D eigenvalue weighted by Gasteiger charge is 2.43. The Kier molecular flexibility index (Phi) is 6.06. The van der Waals surface area contributed by atoms with Crippen LogP contribution in [0.5, 0.6) is 11.5 Å². The van der Waals surface area contributed by atoms with Crippen molar-refractivity contribution in [3.63, 3.8) is 0 Å². The Balaban J connectivity index is 1.43. The van der Waals surface area contributed by atoms with Gasteiger partial charge in [0.25, 0.3) is 0 Å². The summed E-state index contributed by atoms with van der Waals surface area (Å²) in [6, 6.07) is 12.0. The van der Waals surface area contributed by atoms with Gasteiger partial charge in [0.2, 0.25) is 5.91 Å². The number of carbonyl (C=O) groups excluding carboxylic acids is 1. The molecule has 3 rings (SSSR count). The number of hydrogen-bond acceptors (Lipinski definition) is 4. The molecule has 0 unspecified atom stereocenters. The van der Waals surface area contributed by atoms with E-state index in [9.17, 15) is 18.0 Å². The Morgan fingerprint density at radius 1 is 1.18 bits per heavy atom. The minimum atomic E-state index is -4.40. The van der Waals surface area contributed by atoms with Gasteiger partial charge in [-0.25, -0.2) is 0 Å². The molecule has 1 heterocycles. The summed E-state index contributed by atoms with van der Waals surface area (Å²) >= 11 is 0. The molecule has 1 N–H and O–H groups in total. The van der Waals surface area contributed by atoms with E-state index in [0.717, 1.165) is 12.2 Å². The number of para-hydroxylation sites is 1. The predicted octanol–water partition coefficient (Wildman–Crippen LogP) is 3.92. The standard InChI is InChI=1S/C20H21F3N2O3/c1-13(18-8-7-16(10-24-18)28-12-20(21,22)23)25-19(26)17-9-14(17)11-27-15-5-3-2-4-6-15/h2-8,10,13-14,17H,9,11-12H2,1H3,(H,25,26)/t13-,14-,17+/m1/s1. The first-order chi connectivity index (χ1) is 13.3. The Morgan fingerprint density at radius 2 is 1.93 bits per heavy atom. The van der Waals surface area contributed by atoms with Crippen LogP contribution in [0, 0.1) is 11.8 Å². The van der Waals surface area contributed by atoms with E-state index < -0.39 is 12.8 Å². The number of benzene rings is 1. The Hall–Kier alpha value is -2.77. The van der Waals surface area contributed by atoms with Crippen LogP contribution in [0.15, 0.2) is 48.7 Å². The predicted molar refractivity (Wildman–Crippen MR) is 95.9 cm³/mol. The lowest BCUT2D eigenvalue weighted by Crippen LogP contribution is -2.29. The molecular formula is C20H21F3N2O3. The zero-order chi connectivity index (χ0) is 20.1. The summed E-state index contributed by atoms with van der Waals surface area (Å²) in [6.45, 7) is 0.892. The lowest BCUT2D eigenvalue weighted by molar-refractivity contribution is -0.153. The zero-order valence-corrected chi connectivity index (χ0v) is 15.3. The molecule has 28 heavy (non-hydrogen) atoms. The molecule has 150 valence electrons. The lowest BCUT2D eigenvalue weighted by atomic mass is 10.2. The van der Waals surface area contributed by atoms with E-state index in [1.54, 1.807) is 13.0 Å². The highest BCUT2D eigenvalue weighted by molar-refractivity contribution is 5.81. The number of nitrogens with zero attached hydrogens (tertiary/aromatic N) is 1. The highest BCUT2D eigenvalue weighted by Crippen LogP contribution is 2.39. The van der Waals surface area contributed by atoms with Gasteiger partial charge in [-0.1, -0.05) is 18.2 Å². The Bertz CT molecular complexity index is 782. The third kappa shape index (κ3) is 5.87. The number of nitrogens with one attached hydrogen (secondary N) is 1. The summed E-state index contributed by atoms with van der Waals surface area (Å²) in [6.07, 6.45) is -2.41. The molecule has 1 aliphatic carbocycles. The average molecular weight is 394 g/mol. The van der Waals surface area contributed by atoms with Gasteiger partial charge in [0, 0.05) is 11.8 Å². The second-order valence-corrected chi connectivity index (χ2v) is 6.78. The van der Waals surface area contributed by atoms with Crippen molar-refractivity contribution in [1.29, 1.82) is 0 Å². The van der Waals surface area contributed by atoms with E-state index in [4.69, 9.17) is 4.74 Å². The average Bonchev–Trinajstić information content (AvgIpc) is 3.45. The van der Waals surface area contributed by atoms with Crippen molar-refractivity contribution in [1.82, 2.24) is 10.3 Å². The minimum absolute atomic E-state index is 0.0277. The smallest absolute Gasteiger partial charge is 0.422 e. The van der Waals surface area contributed by atoms with Crippen LogP contribution in [-0.2, 0) is 4.79 Å². The number of alkyl halides is 3. The first-order valence-electron chi connectivity index (χ1n) is 8.95. The van der Waals surface area contributed by atoms with Gasteiger partial charge >= 0.3 is 6.18 Å². The zero-order valence-electron chi connectivity index (χ0n) is 15.3. The molecule has 8 heteroatoms. The number of amides is 1. The fourth-order valence-electron chi connectivity index (χ4n) is 2.77. The first-order valence-corrected chi connectivity index (χ1v) is 8.95. The van der Waals surface area contributed by atoms with Crippen LogP contribution in [0.3, 0.4) is 0 Å². The van der Waals surface area contributed by atoms with E-state index in [2.05, 4.69) is 15.0 Å². The van der Waals surface area contributed by atoms with Crippen molar-refractivity contribution in [2.45, 2.75) is 25.6 Å². The van der Waals surface area contributed by atoms with Crippen molar-refractivity contribution in [3.8, 4) is 11.5 Å². The molecule has 1 aromatic heterocycles. The summed E-state index contributed by atoms with van der Waals surface area (Å²) in [4.78, 5) is 16.4. The van der Waals surface area contributed by atoms with Crippen molar-refractivity contribution >= 4 is 5.91 Å². The number of hydrogen-bond donors (Lipinski definition) is 1.